The fourth-order valence-electron chi connectivity index (χ4n) is 1.11. The molecule has 1 unspecified atom stereocenters. The first-order chi connectivity index (χ1) is 7.25. The van der Waals surface area contributed by atoms with Crippen LogP contribution < -0.4 is 4.74 Å². The Morgan fingerprint density at radius 2 is 2.13 bits per heavy atom. The molecule has 0 bridgehead atoms. The van der Waals surface area contributed by atoms with Crippen LogP contribution in [0.15, 0.2) is 29.3 Å². The molecule has 15 heavy (non-hydrogen) atoms. The number of nitrogens with zero attached hydrogens (tertiary/aromatic N) is 3. The SMILES string of the molecule is Cc1cnc(OC(C)c2ncco2)cn1. The van der Waals surface area contributed by atoms with E-state index in [1.807, 2.05) is 13.8 Å². The van der Waals surface area contributed by atoms with Gasteiger partial charge in [0.2, 0.25) is 11.8 Å². The number of hydrogen-bond acceptors (Lipinski definition) is 5. The molecular weight excluding hydrogens is 194 g/mol. The molecule has 0 amide bonds. The molecule has 2 heterocycles. The number of aromatic nitrogens is 3. The van der Waals surface area contributed by atoms with Crippen molar-refractivity contribution in [2.75, 3.05) is 0 Å². The highest BCUT2D eigenvalue weighted by Gasteiger charge is 2.12. The zero-order valence-electron chi connectivity index (χ0n) is 8.54. The first-order valence-corrected chi connectivity index (χ1v) is 4.60. The maximum Gasteiger partial charge on any atom is 0.235 e. The molecule has 2 rings (SSSR count). The van der Waals surface area contributed by atoms with E-state index < -0.39 is 0 Å². The van der Waals surface area contributed by atoms with Gasteiger partial charge in [0, 0.05) is 0 Å². The van der Waals surface area contributed by atoms with Crippen molar-refractivity contribution in [3.8, 4) is 5.88 Å². The van der Waals surface area contributed by atoms with Gasteiger partial charge in [-0.05, 0) is 13.8 Å². The van der Waals surface area contributed by atoms with Gasteiger partial charge in [0.05, 0.1) is 24.3 Å². The minimum absolute atomic E-state index is 0.267. The summed E-state index contributed by atoms with van der Waals surface area (Å²) in [5, 5.41) is 0. The van der Waals surface area contributed by atoms with Crippen LogP contribution in [0.25, 0.3) is 0 Å². The smallest absolute Gasteiger partial charge is 0.235 e. The Hall–Kier alpha value is -1.91. The van der Waals surface area contributed by atoms with Crippen LogP contribution >= 0.6 is 0 Å². The van der Waals surface area contributed by atoms with Gasteiger partial charge in [0.1, 0.15) is 6.26 Å². The van der Waals surface area contributed by atoms with Crippen LogP contribution in [-0.2, 0) is 0 Å². The van der Waals surface area contributed by atoms with Crippen molar-refractivity contribution in [1.82, 2.24) is 15.0 Å². The van der Waals surface area contributed by atoms with Crippen LogP contribution in [0, 0.1) is 6.92 Å². The molecular formula is C10H11N3O2. The van der Waals surface area contributed by atoms with Crippen LogP contribution in [0.1, 0.15) is 24.6 Å². The lowest BCUT2D eigenvalue weighted by Gasteiger charge is -2.09. The maximum atomic E-state index is 5.48. The Balaban J connectivity index is 2.06. The Bertz CT molecular complexity index is 411. The molecule has 0 saturated heterocycles. The van der Waals surface area contributed by atoms with Gasteiger partial charge in [0.15, 0.2) is 6.10 Å². The molecule has 0 aromatic carbocycles. The molecule has 5 heteroatoms. The summed E-state index contributed by atoms with van der Waals surface area (Å²) in [5.74, 6) is 0.990. The van der Waals surface area contributed by atoms with E-state index in [4.69, 9.17) is 9.15 Å². The summed E-state index contributed by atoms with van der Waals surface area (Å²) in [5.41, 5.74) is 0.853. The number of ether oxygens (including phenoxy) is 1. The maximum absolute atomic E-state index is 5.48. The van der Waals surface area contributed by atoms with Gasteiger partial charge in [0.25, 0.3) is 0 Å². The monoisotopic (exact) mass is 205 g/mol. The lowest BCUT2D eigenvalue weighted by atomic mass is 10.4. The van der Waals surface area contributed by atoms with Gasteiger partial charge in [-0.1, -0.05) is 0 Å². The zero-order chi connectivity index (χ0) is 10.7. The standard InChI is InChI=1S/C10H11N3O2/c1-7-5-13-9(6-12-7)15-8(2)10-11-3-4-14-10/h3-6,8H,1-2H3. The summed E-state index contributed by atoms with van der Waals surface area (Å²) in [6.07, 6.45) is 6.05. The van der Waals surface area contributed by atoms with Crippen LogP contribution in [0.4, 0.5) is 0 Å². The zero-order valence-corrected chi connectivity index (χ0v) is 8.54. The molecule has 0 fully saturated rings. The summed E-state index contributed by atoms with van der Waals surface area (Å²) in [7, 11) is 0. The molecule has 0 spiro atoms. The second-order valence-electron chi connectivity index (χ2n) is 3.13. The average Bonchev–Trinajstić information content (AvgIpc) is 2.74. The normalized spacial score (nSPS) is 12.4. The van der Waals surface area contributed by atoms with E-state index in [-0.39, 0.29) is 6.10 Å². The predicted molar refractivity (Wildman–Crippen MR) is 52.3 cm³/mol. The third-order valence-electron chi connectivity index (χ3n) is 1.85. The highest BCUT2D eigenvalue weighted by atomic mass is 16.5. The van der Waals surface area contributed by atoms with Crippen molar-refractivity contribution in [1.29, 1.82) is 0 Å². The average molecular weight is 205 g/mol. The van der Waals surface area contributed by atoms with Crippen LogP contribution in [-0.4, -0.2) is 15.0 Å². The van der Waals surface area contributed by atoms with E-state index in [0.717, 1.165) is 5.69 Å². The van der Waals surface area contributed by atoms with Crippen LogP contribution in [0.2, 0.25) is 0 Å². The quantitative estimate of drug-likeness (QED) is 0.765. The molecule has 2 aromatic heterocycles. The van der Waals surface area contributed by atoms with Gasteiger partial charge in [-0.25, -0.2) is 9.97 Å². The van der Waals surface area contributed by atoms with Crippen LogP contribution in [0.3, 0.4) is 0 Å². The Morgan fingerprint density at radius 1 is 1.27 bits per heavy atom. The highest BCUT2D eigenvalue weighted by molar-refractivity contribution is 5.07. The van der Waals surface area contributed by atoms with Crippen molar-refractivity contribution in [3.05, 3.63) is 36.4 Å². The lowest BCUT2D eigenvalue weighted by molar-refractivity contribution is 0.180. The van der Waals surface area contributed by atoms with Crippen molar-refractivity contribution >= 4 is 0 Å². The van der Waals surface area contributed by atoms with E-state index in [9.17, 15) is 0 Å². The molecule has 0 aliphatic carbocycles. The molecule has 0 radical (unpaired) electrons. The highest BCUT2D eigenvalue weighted by Crippen LogP contribution is 2.17. The molecule has 78 valence electrons. The van der Waals surface area contributed by atoms with Gasteiger partial charge in [-0.15, -0.1) is 0 Å². The summed E-state index contributed by atoms with van der Waals surface area (Å²) >= 11 is 0. The molecule has 5 nitrogen and oxygen atoms in total. The number of rotatable bonds is 3. The molecule has 1 atom stereocenters. The Morgan fingerprint density at radius 3 is 2.73 bits per heavy atom. The van der Waals surface area contributed by atoms with E-state index in [1.165, 1.54) is 6.26 Å². The van der Waals surface area contributed by atoms with Crippen molar-refractivity contribution in [3.63, 3.8) is 0 Å². The van der Waals surface area contributed by atoms with E-state index in [1.54, 1.807) is 18.6 Å². The van der Waals surface area contributed by atoms with Gasteiger partial charge in [-0.2, -0.15) is 0 Å². The van der Waals surface area contributed by atoms with Gasteiger partial charge >= 0.3 is 0 Å². The Kier molecular flexibility index (Phi) is 2.62. The number of oxazole rings is 1. The summed E-state index contributed by atoms with van der Waals surface area (Å²) < 4.78 is 10.6. The second kappa shape index (κ2) is 4.08. The fourth-order valence-corrected chi connectivity index (χ4v) is 1.11. The lowest BCUT2D eigenvalue weighted by Crippen LogP contribution is -2.04. The predicted octanol–water partition coefficient (Wildman–Crippen LogP) is 1.91. The van der Waals surface area contributed by atoms with Crippen molar-refractivity contribution < 1.29 is 9.15 Å². The first kappa shape index (κ1) is 9.64. The fraction of sp³-hybridized carbons (Fsp3) is 0.300. The van der Waals surface area contributed by atoms with E-state index in [2.05, 4.69) is 15.0 Å². The van der Waals surface area contributed by atoms with Gasteiger partial charge in [-0.3, -0.25) is 4.98 Å². The first-order valence-electron chi connectivity index (χ1n) is 4.60. The molecule has 2 aromatic rings. The molecule has 0 aliphatic rings. The molecule has 0 aliphatic heterocycles. The van der Waals surface area contributed by atoms with Gasteiger partial charge < -0.3 is 9.15 Å². The van der Waals surface area contributed by atoms with E-state index in [0.29, 0.717) is 11.8 Å². The van der Waals surface area contributed by atoms with Crippen molar-refractivity contribution in [2.24, 2.45) is 0 Å². The summed E-state index contributed by atoms with van der Waals surface area (Å²) in [6, 6.07) is 0. The second-order valence-corrected chi connectivity index (χ2v) is 3.13. The summed E-state index contributed by atoms with van der Waals surface area (Å²) in [4.78, 5) is 12.1. The number of hydrogen-bond donors (Lipinski definition) is 0. The number of aryl methyl sites for hydroxylation is 1. The molecule has 0 saturated carbocycles. The topological polar surface area (TPSA) is 61.0 Å². The minimum Gasteiger partial charge on any atom is -0.464 e. The Labute approximate surface area is 87.2 Å². The largest absolute Gasteiger partial charge is 0.464 e. The summed E-state index contributed by atoms with van der Waals surface area (Å²) in [6.45, 7) is 3.71. The minimum atomic E-state index is -0.267. The molecule has 0 N–H and O–H groups in total. The van der Waals surface area contributed by atoms with Crippen molar-refractivity contribution in [2.45, 2.75) is 20.0 Å². The third-order valence-corrected chi connectivity index (χ3v) is 1.85. The van der Waals surface area contributed by atoms with E-state index >= 15 is 0 Å². The van der Waals surface area contributed by atoms with Crippen LogP contribution in [0.5, 0.6) is 5.88 Å². The third kappa shape index (κ3) is 2.31.